The summed E-state index contributed by atoms with van der Waals surface area (Å²) in [6.07, 6.45) is 3.89. The highest BCUT2D eigenvalue weighted by atomic mass is 14.7. The maximum atomic E-state index is 5.94. The van der Waals surface area contributed by atoms with Crippen LogP contribution in [0.4, 0.5) is 5.69 Å². The van der Waals surface area contributed by atoms with E-state index in [0.717, 1.165) is 18.5 Å². The highest BCUT2D eigenvalue weighted by Gasteiger charge is 2.09. The number of fused-ring (bicyclic) bond motifs is 1. The first-order valence-electron chi connectivity index (χ1n) is 4.72. The van der Waals surface area contributed by atoms with E-state index >= 15 is 0 Å². The number of aliphatic imine (C=N–C) groups is 1. The Hall–Kier alpha value is -1.15. The summed E-state index contributed by atoms with van der Waals surface area (Å²) in [5.41, 5.74) is 9.54. The molecule has 0 saturated carbocycles. The van der Waals surface area contributed by atoms with Gasteiger partial charge in [-0.25, -0.2) is 0 Å². The van der Waals surface area contributed by atoms with Crippen LogP contribution in [-0.4, -0.2) is 6.21 Å². The lowest BCUT2D eigenvalue weighted by Crippen LogP contribution is -2.08. The third-order valence-corrected chi connectivity index (χ3v) is 2.52. The molecule has 0 fully saturated rings. The second-order valence-electron chi connectivity index (χ2n) is 3.42. The molecule has 2 N–H and O–H groups in total. The van der Waals surface area contributed by atoms with Crippen LogP contribution in [0.2, 0.25) is 0 Å². The minimum Gasteiger partial charge on any atom is -0.324 e. The van der Waals surface area contributed by atoms with Gasteiger partial charge >= 0.3 is 0 Å². The Morgan fingerprint density at radius 2 is 2.38 bits per heavy atom. The molecule has 0 saturated heterocycles. The van der Waals surface area contributed by atoms with Gasteiger partial charge < -0.3 is 5.73 Å². The fourth-order valence-corrected chi connectivity index (χ4v) is 1.58. The van der Waals surface area contributed by atoms with Crippen molar-refractivity contribution in [3.8, 4) is 0 Å². The second-order valence-corrected chi connectivity index (χ2v) is 3.42. The van der Waals surface area contributed by atoms with Gasteiger partial charge in [0.25, 0.3) is 0 Å². The monoisotopic (exact) mass is 174 g/mol. The van der Waals surface area contributed by atoms with Crippen molar-refractivity contribution in [2.45, 2.75) is 25.8 Å². The Kier molecular flexibility index (Phi) is 2.15. The molecule has 0 radical (unpaired) electrons. The van der Waals surface area contributed by atoms with Gasteiger partial charge in [-0.1, -0.05) is 19.1 Å². The number of nitrogens with zero attached hydrogens (tertiary/aromatic N) is 1. The lowest BCUT2D eigenvalue weighted by atomic mass is 10.0. The first kappa shape index (κ1) is 8.45. The van der Waals surface area contributed by atoms with Crippen LogP contribution in [0.25, 0.3) is 0 Å². The Bertz CT molecular complexity index is 342. The van der Waals surface area contributed by atoms with Gasteiger partial charge in [-0.05, 0) is 23.6 Å². The van der Waals surface area contributed by atoms with Gasteiger partial charge in [0.1, 0.15) is 0 Å². The number of hydrogen-bond donors (Lipinski definition) is 1. The molecule has 2 heteroatoms. The molecule has 0 spiro atoms. The number of nitrogens with two attached hydrogens (primary N) is 1. The summed E-state index contributed by atoms with van der Waals surface area (Å²) in [5, 5.41) is 0. The molecule has 1 aromatic carbocycles. The first-order chi connectivity index (χ1) is 6.31. The summed E-state index contributed by atoms with van der Waals surface area (Å²) < 4.78 is 0. The van der Waals surface area contributed by atoms with Crippen molar-refractivity contribution in [1.29, 1.82) is 0 Å². The van der Waals surface area contributed by atoms with E-state index in [1.807, 2.05) is 6.21 Å². The van der Waals surface area contributed by atoms with Gasteiger partial charge in [0, 0.05) is 18.7 Å². The fraction of sp³-hybridized carbons (Fsp3) is 0.364. The number of hydrogen-bond acceptors (Lipinski definition) is 2. The summed E-state index contributed by atoms with van der Waals surface area (Å²) in [6, 6.07) is 6.50. The van der Waals surface area contributed by atoms with Crippen LogP contribution in [-0.2, 0) is 6.42 Å². The van der Waals surface area contributed by atoms with Crippen LogP contribution in [0, 0.1) is 0 Å². The summed E-state index contributed by atoms with van der Waals surface area (Å²) in [6.45, 7) is 2.10. The molecule has 68 valence electrons. The highest BCUT2D eigenvalue weighted by Crippen LogP contribution is 2.27. The SMILES string of the molecule is CC[C@@H](N)c1ccc2c(c1)N=CC2. The van der Waals surface area contributed by atoms with E-state index in [-0.39, 0.29) is 6.04 Å². The largest absolute Gasteiger partial charge is 0.324 e. The number of benzene rings is 1. The van der Waals surface area contributed by atoms with Crippen LogP contribution in [0.3, 0.4) is 0 Å². The van der Waals surface area contributed by atoms with E-state index in [1.54, 1.807) is 0 Å². The predicted molar refractivity (Wildman–Crippen MR) is 55.5 cm³/mol. The third kappa shape index (κ3) is 1.49. The fourth-order valence-electron chi connectivity index (χ4n) is 1.58. The summed E-state index contributed by atoms with van der Waals surface area (Å²) in [4.78, 5) is 4.30. The minimum atomic E-state index is 0.154. The van der Waals surface area contributed by atoms with Crippen molar-refractivity contribution in [3.63, 3.8) is 0 Å². The lowest BCUT2D eigenvalue weighted by molar-refractivity contribution is 0.699. The molecule has 0 unspecified atom stereocenters. The Labute approximate surface area is 78.5 Å². The second kappa shape index (κ2) is 3.30. The zero-order valence-corrected chi connectivity index (χ0v) is 7.83. The van der Waals surface area contributed by atoms with Crippen LogP contribution < -0.4 is 5.73 Å². The summed E-state index contributed by atoms with van der Waals surface area (Å²) in [5.74, 6) is 0. The molecule has 0 bridgehead atoms. The van der Waals surface area contributed by atoms with Gasteiger partial charge in [0.05, 0.1) is 5.69 Å². The average molecular weight is 174 g/mol. The Morgan fingerprint density at radius 3 is 3.15 bits per heavy atom. The third-order valence-electron chi connectivity index (χ3n) is 2.52. The van der Waals surface area contributed by atoms with E-state index < -0.39 is 0 Å². The van der Waals surface area contributed by atoms with Crippen LogP contribution >= 0.6 is 0 Å². The van der Waals surface area contributed by atoms with Crippen molar-refractivity contribution < 1.29 is 0 Å². The van der Waals surface area contributed by atoms with Gasteiger partial charge in [-0.2, -0.15) is 0 Å². The maximum Gasteiger partial charge on any atom is 0.0664 e. The van der Waals surface area contributed by atoms with Gasteiger partial charge in [0.2, 0.25) is 0 Å². The molecule has 0 aliphatic carbocycles. The first-order valence-corrected chi connectivity index (χ1v) is 4.72. The zero-order valence-electron chi connectivity index (χ0n) is 7.83. The van der Waals surface area contributed by atoms with Crippen molar-refractivity contribution >= 4 is 11.9 Å². The number of rotatable bonds is 2. The molecule has 0 amide bonds. The summed E-state index contributed by atoms with van der Waals surface area (Å²) >= 11 is 0. The molecule has 2 nitrogen and oxygen atoms in total. The molecule has 2 rings (SSSR count). The quantitative estimate of drug-likeness (QED) is 0.734. The summed E-state index contributed by atoms with van der Waals surface area (Å²) in [7, 11) is 0. The molecule has 1 heterocycles. The molecular weight excluding hydrogens is 160 g/mol. The molecule has 0 aromatic heterocycles. The normalized spacial score (nSPS) is 15.8. The van der Waals surface area contributed by atoms with Crippen molar-refractivity contribution in [2.75, 3.05) is 0 Å². The maximum absolute atomic E-state index is 5.94. The van der Waals surface area contributed by atoms with Gasteiger partial charge in [-0.15, -0.1) is 0 Å². The van der Waals surface area contributed by atoms with Crippen LogP contribution in [0.1, 0.15) is 30.5 Å². The van der Waals surface area contributed by atoms with E-state index in [2.05, 4.69) is 30.1 Å². The van der Waals surface area contributed by atoms with Crippen molar-refractivity contribution in [3.05, 3.63) is 29.3 Å². The minimum absolute atomic E-state index is 0.154. The lowest BCUT2D eigenvalue weighted by Gasteiger charge is -2.09. The van der Waals surface area contributed by atoms with Crippen LogP contribution in [0.15, 0.2) is 23.2 Å². The van der Waals surface area contributed by atoms with Crippen molar-refractivity contribution in [1.82, 2.24) is 0 Å². The Morgan fingerprint density at radius 1 is 1.54 bits per heavy atom. The topological polar surface area (TPSA) is 38.4 Å². The molecule has 1 aromatic rings. The van der Waals surface area contributed by atoms with Gasteiger partial charge in [0.15, 0.2) is 0 Å². The van der Waals surface area contributed by atoms with E-state index in [1.165, 1.54) is 11.1 Å². The molecule has 1 aliphatic heterocycles. The van der Waals surface area contributed by atoms with Crippen LogP contribution in [0.5, 0.6) is 0 Å². The predicted octanol–water partition coefficient (Wildman–Crippen LogP) is 2.35. The van der Waals surface area contributed by atoms with E-state index in [9.17, 15) is 0 Å². The van der Waals surface area contributed by atoms with E-state index in [0.29, 0.717) is 0 Å². The molecule has 1 atom stereocenters. The molecule has 1 aliphatic rings. The van der Waals surface area contributed by atoms with Gasteiger partial charge in [-0.3, -0.25) is 4.99 Å². The van der Waals surface area contributed by atoms with E-state index in [4.69, 9.17) is 5.73 Å². The highest BCUT2D eigenvalue weighted by molar-refractivity contribution is 5.76. The zero-order chi connectivity index (χ0) is 9.26. The molecule has 13 heavy (non-hydrogen) atoms. The molecular formula is C11H14N2. The smallest absolute Gasteiger partial charge is 0.0664 e. The Balaban J connectivity index is 2.35. The van der Waals surface area contributed by atoms with Crippen molar-refractivity contribution in [2.24, 2.45) is 10.7 Å². The average Bonchev–Trinajstić information content (AvgIpc) is 2.63. The standard InChI is InChI=1S/C11H14N2/c1-2-10(12)9-4-3-8-5-6-13-11(8)7-9/h3-4,6-7,10H,2,5,12H2,1H3/t10-/m1/s1.